The average molecular weight is 262 g/mol. The summed E-state index contributed by atoms with van der Waals surface area (Å²) >= 11 is 0. The first-order valence-electron chi connectivity index (χ1n) is 7.41. The Balaban J connectivity index is 1.61. The van der Waals surface area contributed by atoms with Crippen LogP contribution in [0.25, 0.3) is 0 Å². The van der Waals surface area contributed by atoms with Gasteiger partial charge in [-0.1, -0.05) is 19.8 Å². The van der Waals surface area contributed by atoms with E-state index in [0.29, 0.717) is 12.9 Å². The van der Waals surface area contributed by atoms with Crippen LogP contribution < -0.4 is 14.2 Å². The van der Waals surface area contributed by atoms with Gasteiger partial charge in [0.1, 0.15) is 5.75 Å². The van der Waals surface area contributed by atoms with Crippen LogP contribution in [0.1, 0.15) is 45.4 Å². The van der Waals surface area contributed by atoms with Crippen molar-refractivity contribution in [3.8, 4) is 17.2 Å². The Morgan fingerprint density at radius 1 is 1.11 bits per heavy atom. The SMILES string of the molecule is CCC1CCCC(Oc2ccc3c(c2)OCO3)CC1. The van der Waals surface area contributed by atoms with Crippen molar-refractivity contribution < 1.29 is 14.2 Å². The average Bonchev–Trinajstić information content (AvgIpc) is 2.77. The van der Waals surface area contributed by atoms with Gasteiger partial charge in [0.05, 0.1) is 6.10 Å². The van der Waals surface area contributed by atoms with Crippen LogP contribution in [-0.2, 0) is 0 Å². The third-order valence-corrected chi connectivity index (χ3v) is 4.26. The van der Waals surface area contributed by atoms with Gasteiger partial charge in [0, 0.05) is 6.07 Å². The molecule has 2 unspecified atom stereocenters. The van der Waals surface area contributed by atoms with Gasteiger partial charge in [0.25, 0.3) is 0 Å². The second kappa shape index (κ2) is 5.72. The molecule has 1 aromatic rings. The standard InChI is InChI=1S/C16H22O3/c1-2-12-4-3-5-13(7-6-12)19-14-8-9-15-16(10-14)18-11-17-15/h8-10,12-13H,2-7,11H2,1H3. The Hall–Kier alpha value is -1.38. The van der Waals surface area contributed by atoms with Crippen LogP contribution in [0.4, 0.5) is 0 Å². The van der Waals surface area contributed by atoms with Crippen LogP contribution in [-0.4, -0.2) is 12.9 Å². The van der Waals surface area contributed by atoms with E-state index < -0.39 is 0 Å². The van der Waals surface area contributed by atoms with Crippen LogP contribution in [0, 0.1) is 5.92 Å². The summed E-state index contributed by atoms with van der Waals surface area (Å²) in [4.78, 5) is 0. The molecule has 1 heterocycles. The number of hydrogen-bond acceptors (Lipinski definition) is 3. The first-order valence-corrected chi connectivity index (χ1v) is 7.41. The van der Waals surface area contributed by atoms with Crippen molar-refractivity contribution in [2.75, 3.05) is 6.79 Å². The molecule has 1 fully saturated rings. The predicted molar refractivity (Wildman–Crippen MR) is 73.8 cm³/mol. The Bertz CT molecular complexity index is 430. The van der Waals surface area contributed by atoms with Crippen molar-refractivity contribution in [3.05, 3.63) is 18.2 Å². The summed E-state index contributed by atoms with van der Waals surface area (Å²) in [7, 11) is 0. The molecular weight excluding hydrogens is 240 g/mol. The third kappa shape index (κ3) is 2.96. The van der Waals surface area contributed by atoms with E-state index in [2.05, 4.69) is 6.92 Å². The molecule has 1 saturated carbocycles. The number of rotatable bonds is 3. The summed E-state index contributed by atoms with van der Waals surface area (Å²) in [5, 5.41) is 0. The first-order chi connectivity index (χ1) is 9.35. The molecule has 0 N–H and O–H groups in total. The van der Waals surface area contributed by atoms with Crippen molar-refractivity contribution >= 4 is 0 Å². The highest BCUT2D eigenvalue weighted by Gasteiger charge is 2.20. The topological polar surface area (TPSA) is 27.7 Å². The highest BCUT2D eigenvalue weighted by Crippen LogP contribution is 2.36. The molecule has 0 aromatic heterocycles. The fourth-order valence-electron chi connectivity index (χ4n) is 3.01. The molecule has 2 atom stereocenters. The summed E-state index contributed by atoms with van der Waals surface area (Å²) in [6.07, 6.45) is 7.95. The van der Waals surface area contributed by atoms with Gasteiger partial charge in [-0.3, -0.25) is 0 Å². The van der Waals surface area contributed by atoms with E-state index in [4.69, 9.17) is 14.2 Å². The summed E-state index contributed by atoms with van der Waals surface area (Å²) < 4.78 is 16.8. The molecule has 19 heavy (non-hydrogen) atoms. The van der Waals surface area contributed by atoms with Gasteiger partial charge in [0.15, 0.2) is 11.5 Å². The maximum absolute atomic E-state index is 6.12. The molecule has 1 aliphatic heterocycles. The zero-order valence-electron chi connectivity index (χ0n) is 11.6. The lowest BCUT2D eigenvalue weighted by Gasteiger charge is -2.17. The lowest BCUT2D eigenvalue weighted by atomic mass is 9.98. The van der Waals surface area contributed by atoms with Gasteiger partial charge in [-0.25, -0.2) is 0 Å². The van der Waals surface area contributed by atoms with E-state index in [-0.39, 0.29) is 0 Å². The molecule has 0 bridgehead atoms. The molecule has 0 radical (unpaired) electrons. The fraction of sp³-hybridized carbons (Fsp3) is 0.625. The highest BCUT2D eigenvalue weighted by atomic mass is 16.7. The zero-order valence-corrected chi connectivity index (χ0v) is 11.6. The Morgan fingerprint density at radius 2 is 2.00 bits per heavy atom. The third-order valence-electron chi connectivity index (χ3n) is 4.26. The van der Waals surface area contributed by atoms with Crippen molar-refractivity contribution in [1.82, 2.24) is 0 Å². The molecule has 3 rings (SSSR count). The van der Waals surface area contributed by atoms with E-state index in [0.717, 1.165) is 23.2 Å². The number of hydrogen-bond donors (Lipinski definition) is 0. The van der Waals surface area contributed by atoms with E-state index in [9.17, 15) is 0 Å². The summed E-state index contributed by atoms with van der Waals surface area (Å²) in [5.41, 5.74) is 0. The molecular formula is C16H22O3. The van der Waals surface area contributed by atoms with E-state index in [1.54, 1.807) is 0 Å². The lowest BCUT2D eigenvalue weighted by Crippen LogP contribution is -2.15. The van der Waals surface area contributed by atoms with Crippen LogP contribution in [0.5, 0.6) is 17.2 Å². The van der Waals surface area contributed by atoms with Gasteiger partial charge < -0.3 is 14.2 Å². The van der Waals surface area contributed by atoms with E-state index in [1.807, 2.05) is 18.2 Å². The molecule has 0 spiro atoms. The summed E-state index contributed by atoms with van der Waals surface area (Å²) in [6.45, 7) is 2.62. The molecule has 1 aromatic carbocycles. The predicted octanol–water partition coefficient (Wildman–Crippen LogP) is 4.15. The Kier molecular flexibility index (Phi) is 3.81. The van der Waals surface area contributed by atoms with Crippen molar-refractivity contribution in [2.24, 2.45) is 5.92 Å². The summed E-state index contributed by atoms with van der Waals surface area (Å²) in [5.74, 6) is 3.42. The van der Waals surface area contributed by atoms with Crippen LogP contribution in [0.2, 0.25) is 0 Å². The minimum absolute atomic E-state index is 0.320. The van der Waals surface area contributed by atoms with Gasteiger partial charge in [-0.05, 0) is 43.7 Å². The van der Waals surface area contributed by atoms with E-state index in [1.165, 1.54) is 38.5 Å². The second-order valence-corrected chi connectivity index (χ2v) is 5.54. The second-order valence-electron chi connectivity index (χ2n) is 5.54. The Labute approximate surface area is 114 Å². The van der Waals surface area contributed by atoms with Gasteiger partial charge in [-0.2, -0.15) is 0 Å². The number of ether oxygens (including phenoxy) is 3. The molecule has 1 aliphatic carbocycles. The zero-order chi connectivity index (χ0) is 13.1. The molecule has 0 amide bonds. The number of fused-ring (bicyclic) bond motifs is 1. The first kappa shape index (κ1) is 12.6. The van der Waals surface area contributed by atoms with Crippen molar-refractivity contribution in [2.45, 2.75) is 51.6 Å². The maximum Gasteiger partial charge on any atom is 0.231 e. The fourth-order valence-corrected chi connectivity index (χ4v) is 3.01. The molecule has 0 saturated heterocycles. The van der Waals surface area contributed by atoms with Crippen molar-refractivity contribution in [1.29, 1.82) is 0 Å². The molecule has 2 aliphatic rings. The molecule has 104 valence electrons. The minimum atomic E-state index is 0.320. The maximum atomic E-state index is 6.12. The molecule has 3 nitrogen and oxygen atoms in total. The normalized spacial score (nSPS) is 25.9. The van der Waals surface area contributed by atoms with Crippen molar-refractivity contribution in [3.63, 3.8) is 0 Å². The van der Waals surface area contributed by atoms with Crippen LogP contribution >= 0.6 is 0 Å². The Morgan fingerprint density at radius 3 is 2.89 bits per heavy atom. The quantitative estimate of drug-likeness (QED) is 0.766. The minimum Gasteiger partial charge on any atom is -0.490 e. The van der Waals surface area contributed by atoms with Gasteiger partial charge in [0.2, 0.25) is 6.79 Å². The largest absolute Gasteiger partial charge is 0.490 e. The van der Waals surface area contributed by atoms with Crippen LogP contribution in [0.15, 0.2) is 18.2 Å². The van der Waals surface area contributed by atoms with Gasteiger partial charge >= 0.3 is 0 Å². The van der Waals surface area contributed by atoms with Crippen LogP contribution in [0.3, 0.4) is 0 Å². The molecule has 3 heteroatoms. The lowest BCUT2D eigenvalue weighted by molar-refractivity contribution is 0.172. The smallest absolute Gasteiger partial charge is 0.231 e. The summed E-state index contributed by atoms with van der Waals surface area (Å²) in [6, 6.07) is 5.86. The van der Waals surface area contributed by atoms with E-state index >= 15 is 0 Å². The highest BCUT2D eigenvalue weighted by molar-refractivity contribution is 5.46. The van der Waals surface area contributed by atoms with Gasteiger partial charge in [-0.15, -0.1) is 0 Å². The monoisotopic (exact) mass is 262 g/mol. The number of benzene rings is 1.